The highest BCUT2D eigenvalue weighted by atomic mass is 16.5. The van der Waals surface area contributed by atoms with E-state index in [1.54, 1.807) is 38.3 Å². The molecule has 0 unspecified atom stereocenters. The minimum absolute atomic E-state index is 0.0246. The number of nitrogens with zero attached hydrogens (tertiary/aromatic N) is 2. The third kappa shape index (κ3) is 4.58. The van der Waals surface area contributed by atoms with E-state index >= 15 is 0 Å². The van der Waals surface area contributed by atoms with E-state index in [1.165, 1.54) is 12.1 Å². The summed E-state index contributed by atoms with van der Waals surface area (Å²) in [5, 5.41) is 10.9. The average molecular weight is 453 g/mol. The number of piperazine rings is 1. The molecule has 1 aliphatic rings. The number of carbonyl (C=O) groups excluding carboxylic acids is 1. The highest BCUT2D eigenvalue weighted by molar-refractivity contribution is 5.98. The van der Waals surface area contributed by atoms with Gasteiger partial charge in [-0.15, -0.1) is 0 Å². The lowest BCUT2D eigenvalue weighted by Crippen LogP contribution is -2.43. The Morgan fingerprint density at radius 2 is 1.79 bits per heavy atom. The van der Waals surface area contributed by atoms with Crippen molar-refractivity contribution in [3.63, 3.8) is 0 Å². The number of esters is 1. The first kappa shape index (κ1) is 22.8. The Morgan fingerprint density at radius 3 is 2.42 bits per heavy atom. The van der Waals surface area contributed by atoms with Crippen LogP contribution in [0.5, 0.6) is 11.5 Å². The van der Waals surface area contributed by atoms with Crippen molar-refractivity contribution < 1.29 is 23.8 Å². The maximum Gasteiger partial charge on any atom is 0.375 e. The van der Waals surface area contributed by atoms with Crippen molar-refractivity contribution in [2.75, 3.05) is 46.9 Å². The number of aromatic hydroxyl groups is 1. The largest absolute Gasteiger partial charge is 0.507 e. The second-order valence-corrected chi connectivity index (χ2v) is 8.10. The maximum atomic E-state index is 13.6. The zero-order valence-electron chi connectivity index (χ0n) is 19.1. The summed E-state index contributed by atoms with van der Waals surface area (Å²) in [6, 6.07) is 9.86. The number of ether oxygens (including phenoxy) is 2. The van der Waals surface area contributed by atoms with Crippen molar-refractivity contribution in [3.05, 3.63) is 57.9 Å². The van der Waals surface area contributed by atoms with Crippen LogP contribution in [0.2, 0.25) is 0 Å². The molecule has 0 aliphatic carbocycles. The second-order valence-electron chi connectivity index (χ2n) is 8.10. The number of carbonyl (C=O) groups is 1. The molecule has 4 rings (SSSR count). The molecule has 174 valence electrons. The van der Waals surface area contributed by atoms with E-state index in [0.29, 0.717) is 28.8 Å². The first-order valence-corrected chi connectivity index (χ1v) is 11.0. The zero-order valence-corrected chi connectivity index (χ0v) is 19.1. The standard InChI is InChI=1S/C25H28N2O6/c1-4-32-25(30)24-21(16-5-7-17(31-3)8-6-16)22(29)18-9-10-20(28)19(23(18)33-24)15-27-13-11-26(2)12-14-27/h5-10,28H,4,11-15H2,1-3H3. The lowest BCUT2D eigenvalue weighted by atomic mass is 10.00. The fourth-order valence-corrected chi connectivity index (χ4v) is 4.05. The molecule has 2 heterocycles. The summed E-state index contributed by atoms with van der Waals surface area (Å²) in [5.41, 5.74) is 0.979. The third-order valence-electron chi connectivity index (χ3n) is 5.96. The van der Waals surface area contributed by atoms with E-state index in [2.05, 4.69) is 16.8 Å². The Kier molecular flexibility index (Phi) is 6.67. The van der Waals surface area contributed by atoms with Gasteiger partial charge in [0.2, 0.25) is 11.2 Å². The minimum atomic E-state index is -0.726. The van der Waals surface area contributed by atoms with Gasteiger partial charge in [-0.25, -0.2) is 4.79 Å². The van der Waals surface area contributed by atoms with Crippen LogP contribution in [0.1, 0.15) is 23.0 Å². The van der Waals surface area contributed by atoms with Crippen molar-refractivity contribution in [3.8, 4) is 22.6 Å². The van der Waals surface area contributed by atoms with Crippen LogP contribution in [-0.4, -0.2) is 67.8 Å². The summed E-state index contributed by atoms with van der Waals surface area (Å²) < 4.78 is 16.5. The van der Waals surface area contributed by atoms with Gasteiger partial charge in [-0.05, 0) is 43.8 Å². The van der Waals surface area contributed by atoms with Crippen molar-refractivity contribution in [1.82, 2.24) is 9.80 Å². The van der Waals surface area contributed by atoms with Gasteiger partial charge in [0, 0.05) is 32.7 Å². The SMILES string of the molecule is CCOC(=O)c1oc2c(CN3CCN(C)CC3)c(O)ccc2c(=O)c1-c1ccc(OC)cc1. The van der Waals surface area contributed by atoms with Gasteiger partial charge in [0.1, 0.15) is 17.1 Å². The van der Waals surface area contributed by atoms with Crippen LogP contribution in [0.4, 0.5) is 0 Å². The lowest BCUT2D eigenvalue weighted by Gasteiger charge is -2.32. The maximum absolute atomic E-state index is 13.6. The quantitative estimate of drug-likeness (QED) is 0.571. The monoisotopic (exact) mass is 452 g/mol. The molecule has 33 heavy (non-hydrogen) atoms. The van der Waals surface area contributed by atoms with Crippen LogP contribution in [0.25, 0.3) is 22.1 Å². The minimum Gasteiger partial charge on any atom is -0.507 e. The zero-order chi connectivity index (χ0) is 23.5. The van der Waals surface area contributed by atoms with Crippen LogP contribution < -0.4 is 10.2 Å². The Balaban J connectivity index is 1.89. The molecular formula is C25H28N2O6. The topological polar surface area (TPSA) is 92.5 Å². The molecule has 1 N–H and O–H groups in total. The number of hydrogen-bond donors (Lipinski definition) is 1. The molecule has 0 bridgehead atoms. The molecule has 0 amide bonds. The Hall–Kier alpha value is -3.36. The Bertz CT molecular complexity index is 1210. The number of benzene rings is 2. The molecule has 0 radical (unpaired) electrons. The number of hydrogen-bond acceptors (Lipinski definition) is 8. The smallest absolute Gasteiger partial charge is 0.375 e. The highest BCUT2D eigenvalue weighted by Gasteiger charge is 2.26. The molecule has 0 atom stereocenters. The molecule has 8 heteroatoms. The number of phenols is 1. The fourth-order valence-electron chi connectivity index (χ4n) is 4.05. The predicted molar refractivity (Wildman–Crippen MR) is 125 cm³/mol. The summed E-state index contributed by atoms with van der Waals surface area (Å²) in [7, 11) is 3.62. The number of methoxy groups -OCH3 is 1. The molecule has 8 nitrogen and oxygen atoms in total. The molecule has 1 aliphatic heterocycles. The summed E-state index contributed by atoms with van der Waals surface area (Å²) in [6.45, 7) is 5.70. The van der Waals surface area contributed by atoms with E-state index < -0.39 is 5.97 Å². The molecule has 0 saturated carbocycles. The van der Waals surface area contributed by atoms with Crippen LogP contribution in [-0.2, 0) is 11.3 Å². The van der Waals surface area contributed by atoms with Crippen molar-refractivity contribution in [2.45, 2.75) is 13.5 Å². The Morgan fingerprint density at radius 1 is 1.09 bits per heavy atom. The summed E-state index contributed by atoms with van der Waals surface area (Å²) in [5.74, 6) is -0.251. The van der Waals surface area contributed by atoms with E-state index in [9.17, 15) is 14.7 Å². The van der Waals surface area contributed by atoms with Crippen molar-refractivity contribution in [1.29, 1.82) is 0 Å². The van der Waals surface area contributed by atoms with Crippen molar-refractivity contribution >= 4 is 16.9 Å². The second kappa shape index (κ2) is 9.64. The summed E-state index contributed by atoms with van der Waals surface area (Å²) in [6.07, 6.45) is 0. The first-order valence-electron chi connectivity index (χ1n) is 11.0. The van der Waals surface area contributed by atoms with Crippen LogP contribution in [0.3, 0.4) is 0 Å². The first-order chi connectivity index (χ1) is 15.9. The van der Waals surface area contributed by atoms with Gasteiger partial charge >= 0.3 is 5.97 Å². The number of likely N-dealkylation sites (N-methyl/N-ethyl adjacent to an activating group) is 1. The van der Waals surface area contributed by atoms with E-state index in [4.69, 9.17) is 13.9 Å². The average Bonchev–Trinajstić information content (AvgIpc) is 2.82. The predicted octanol–water partition coefficient (Wildman–Crippen LogP) is 3.10. The number of phenolic OH excluding ortho intramolecular Hbond substituents is 1. The molecular weight excluding hydrogens is 424 g/mol. The summed E-state index contributed by atoms with van der Waals surface area (Å²) in [4.78, 5) is 30.9. The number of rotatable bonds is 6. The van der Waals surface area contributed by atoms with Gasteiger partial charge in [-0.3, -0.25) is 9.69 Å². The normalized spacial score (nSPS) is 15.0. The third-order valence-corrected chi connectivity index (χ3v) is 5.96. The molecule has 1 saturated heterocycles. The van der Waals surface area contributed by atoms with Crippen LogP contribution in [0.15, 0.2) is 45.6 Å². The van der Waals surface area contributed by atoms with Gasteiger partial charge in [-0.2, -0.15) is 0 Å². The van der Waals surface area contributed by atoms with Crippen LogP contribution >= 0.6 is 0 Å². The molecule has 3 aromatic rings. The number of fused-ring (bicyclic) bond motifs is 1. The molecule has 2 aromatic carbocycles. The van der Waals surface area contributed by atoms with Gasteiger partial charge in [0.25, 0.3) is 0 Å². The highest BCUT2D eigenvalue weighted by Crippen LogP contribution is 2.32. The lowest BCUT2D eigenvalue weighted by molar-refractivity contribution is 0.0492. The van der Waals surface area contributed by atoms with Gasteiger partial charge in [-0.1, -0.05) is 12.1 Å². The fraction of sp³-hybridized carbons (Fsp3) is 0.360. The van der Waals surface area contributed by atoms with Crippen LogP contribution in [0, 0.1) is 0 Å². The van der Waals surface area contributed by atoms with Gasteiger partial charge < -0.3 is 23.9 Å². The van der Waals surface area contributed by atoms with E-state index in [0.717, 1.165) is 26.2 Å². The molecule has 1 aromatic heterocycles. The van der Waals surface area contributed by atoms with E-state index in [-0.39, 0.29) is 34.7 Å². The summed E-state index contributed by atoms with van der Waals surface area (Å²) >= 11 is 0. The molecule has 1 fully saturated rings. The van der Waals surface area contributed by atoms with Crippen molar-refractivity contribution in [2.24, 2.45) is 0 Å². The van der Waals surface area contributed by atoms with Gasteiger partial charge in [0.15, 0.2) is 0 Å². The Labute approximate surface area is 191 Å². The molecule has 0 spiro atoms. The van der Waals surface area contributed by atoms with Gasteiger partial charge in [0.05, 0.1) is 30.2 Å². The van der Waals surface area contributed by atoms with E-state index in [1.807, 2.05) is 0 Å².